The van der Waals surface area contributed by atoms with Crippen LogP contribution in [0.1, 0.15) is 29.0 Å². The Morgan fingerprint density at radius 2 is 1.42 bits per heavy atom. The molecule has 3 rings (SSSR count). The van der Waals surface area contributed by atoms with E-state index in [2.05, 4.69) is 24.3 Å². The quantitative estimate of drug-likeness (QED) is 0.708. The maximum absolute atomic E-state index is 12.5. The minimum absolute atomic E-state index is 0.230. The van der Waals surface area contributed by atoms with Gasteiger partial charge in [-0.3, -0.25) is 4.79 Å². The number of allylic oxidation sites excluding steroid dienone is 2. The molecule has 3 heteroatoms. The van der Waals surface area contributed by atoms with E-state index in [1.807, 2.05) is 22.9 Å². The van der Waals surface area contributed by atoms with Crippen molar-refractivity contribution in [2.75, 3.05) is 0 Å². The van der Waals surface area contributed by atoms with Crippen molar-refractivity contribution in [3.05, 3.63) is 55.9 Å². The van der Waals surface area contributed by atoms with Gasteiger partial charge in [0.25, 0.3) is 0 Å². The second-order valence-electron chi connectivity index (χ2n) is 4.55. The highest BCUT2D eigenvalue weighted by Crippen LogP contribution is 2.29. The highest BCUT2D eigenvalue weighted by atomic mass is 32.1. The first-order valence-electron chi connectivity index (χ1n) is 6.36. The molecule has 96 valence electrons. The van der Waals surface area contributed by atoms with Gasteiger partial charge in [0.15, 0.2) is 5.78 Å². The van der Waals surface area contributed by atoms with E-state index in [0.29, 0.717) is 0 Å². The van der Waals surface area contributed by atoms with Gasteiger partial charge in [0.05, 0.1) is 0 Å². The van der Waals surface area contributed by atoms with Gasteiger partial charge >= 0.3 is 0 Å². The lowest BCUT2D eigenvalue weighted by atomic mass is 9.88. The summed E-state index contributed by atoms with van der Waals surface area (Å²) in [4.78, 5) is 14.8. The van der Waals surface area contributed by atoms with Crippen molar-refractivity contribution in [3.8, 4) is 0 Å². The van der Waals surface area contributed by atoms with Gasteiger partial charge in [0, 0.05) is 20.9 Å². The maximum Gasteiger partial charge on any atom is 0.185 e. The lowest BCUT2D eigenvalue weighted by Crippen LogP contribution is -2.11. The molecule has 2 aromatic heterocycles. The van der Waals surface area contributed by atoms with Crippen molar-refractivity contribution in [1.82, 2.24) is 0 Å². The van der Waals surface area contributed by atoms with E-state index in [1.54, 1.807) is 22.7 Å². The Morgan fingerprint density at radius 3 is 1.84 bits per heavy atom. The number of hydrogen-bond donors (Lipinski definition) is 0. The van der Waals surface area contributed by atoms with Gasteiger partial charge in [-0.15, -0.1) is 22.7 Å². The number of hydrogen-bond acceptors (Lipinski definition) is 3. The Morgan fingerprint density at radius 1 is 0.895 bits per heavy atom. The molecule has 0 aliphatic heterocycles. The number of thiophene rings is 2. The van der Waals surface area contributed by atoms with Crippen LogP contribution in [0.2, 0.25) is 0 Å². The summed E-state index contributed by atoms with van der Waals surface area (Å²) in [7, 11) is 0. The molecule has 0 radical (unpaired) electrons. The first-order valence-corrected chi connectivity index (χ1v) is 8.12. The van der Waals surface area contributed by atoms with Crippen LogP contribution in [0.15, 0.2) is 46.2 Å². The lowest BCUT2D eigenvalue weighted by molar-refractivity contribution is -0.112. The highest BCUT2D eigenvalue weighted by molar-refractivity contribution is 7.11. The zero-order chi connectivity index (χ0) is 13.1. The molecule has 1 saturated carbocycles. The third-order valence-electron chi connectivity index (χ3n) is 3.19. The highest BCUT2D eigenvalue weighted by Gasteiger charge is 2.20. The van der Waals surface area contributed by atoms with Crippen molar-refractivity contribution in [2.24, 2.45) is 0 Å². The van der Waals surface area contributed by atoms with E-state index < -0.39 is 0 Å². The van der Waals surface area contributed by atoms with Crippen LogP contribution in [0.25, 0.3) is 12.2 Å². The van der Waals surface area contributed by atoms with E-state index in [0.717, 1.165) is 30.4 Å². The van der Waals surface area contributed by atoms with Crippen LogP contribution in [0.5, 0.6) is 0 Å². The molecule has 2 heterocycles. The monoisotopic (exact) mass is 286 g/mol. The van der Waals surface area contributed by atoms with Gasteiger partial charge in [-0.05, 0) is 54.3 Å². The van der Waals surface area contributed by atoms with Crippen molar-refractivity contribution in [3.63, 3.8) is 0 Å². The molecule has 1 nitrogen and oxygen atoms in total. The Labute approximate surface area is 120 Å². The molecule has 0 spiro atoms. The maximum atomic E-state index is 12.5. The minimum atomic E-state index is 0.230. The topological polar surface area (TPSA) is 17.1 Å². The van der Waals surface area contributed by atoms with Crippen LogP contribution < -0.4 is 0 Å². The Hall–Kier alpha value is -1.45. The molecule has 0 saturated heterocycles. The summed E-state index contributed by atoms with van der Waals surface area (Å²) in [6.07, 6.45) is 6.97. The number of ketones is 1. The average Bonchev–Trinajstić information content (AvgIpc) is 3.07. The number of rotatable bonds is 2. The zero-order valence-electron chi connectivity index (χ0n) is 10.5. The van der Waals surface area contributed by atoms with Crippen LogP contribution in [-0.4, -0.2) is 5.78 Å². The van der Waals surface area contributed by atoms with Crippen LogP contribution >= 0.6 is 22.7 Å². The van der Waals surface area contributed by atoms with Crippen LogP contribution in [-0.2, 0) is 4.79 Å². The van der Waals surface area contributed by atoms with E-state index in [4.69, 9.17) is 0 Å². The Balaban J connectivity index is 1.87. The smallest absolute Gasteiger partial charge is 0.185 e. The fourth-order valence-corrected chi connectivity index (χ4v) is 3.63. The largest absolute Gasteiger partial charge is 0.289 e. The minimum Gasteiger partial charge on any atom is -0.289 e. The summed E-state index contributed by atoms with van der Waals surface area (Å²) < 4.78 is 0. The molecule has 0 atom stereocenters. The standard InChI is InChI=1S/C16H14OS2/c17-16-12(10-14-6-2-8-18-14)4-1-5-13(16)11-15-7-3-9-19-15/h2-3,6-11H,1,4-5H2/b12-10-,13-11-. The van der Waals surface area contributed by atoms with Gasteiger partial charge in [-0.2, -0.15) is 0 Å². The molecular weight excluding hydrogens is 272 g/mol. The predicted molar refractivity (Wildman–Crippen MR) is 83.5 cm³/mol. The molecule has 19 heavy (non-hydrogen) atoms. The van der Waals surface area contributed by atoms with Gasteiger partial charge in [-0.1, -0.05) is 12.1 Å². The van der Waals surface area contributed by atoms with E-state index >= 15 is 0 Å². The number of carbonyl (C=O) groups is 1. The van der Waals surface area contributed by atoms with Crippen LogP contribution in [0.4, 0.5) is 0 Å². The van der Waals surface area contributed by atoms with Gasteiger partial charge in [0.2, 0.25) is 0 Å². The average molecular weight is 286 g/mol. The number of carbonyl (C=O) groups excluding carboxylic acids is 1. The fraction of sp³-hybridized carbons (Fsp3) is 0.188. The first-order chi connectivity index (χ1) is 9.33. The Bertz CT molecular complexity index is 562. The third-order valence-corrected chi connectivity index (χ3v) is 4.83. The summed E-state index contributed by atoms with van der Waals surface area (Å²) in [6, 6.07) is 8.16. The number of Topliss-reactive ketones (excluding diaryl/α,β-unsaturated/α-hetero) is 1. The summed E-state index contributed by atoms with van der Waals surface area (Å²) in [6.45, 7) is 0. The molecule has 0 bridgehead atoms. The van der Waals surface area contributed by atoms with Gasteiger partial charge < -0.3 is 0 Å². The SMILES string of the molecule is O=C1/C(=C\c2cccs2)CCC/C1=C/c1cccs1. The molecule has 1 aliphatic carbocycles. The zero-order valence-corrected chi connectivity index (χ0v) is 12.1. The van der Waals surface area contributed by atoms with Crippen molar-refractivity contribution < 1.29 is 4.79 Å². The van der Waals surface area contributed by atoms with E-state index in [1.165, 1.54) is 9.75 Å². The molecule has 2 aromatic rings. The first kappa shape index (κ1) is 12.6. The van der Waals surface area contributed by atoms with Crippen molar-refractivity contribution >= 4 is 40.6 Å². The van der Waals surface area contributed by atoms with E-state index in [9.17, 15) is 4.79 Å². The van der Waals surface area contributed by atoms with Crippen LogP contribution in [0.3, 0.4) is 0 Å². The van der Waals surface area contributed by atoms with Gasteiger partial charge in [-0.25, -0.2) is 0 Å². The van der Waals surface area contributed by atoms with Gasteiger partial charge in [0.1, 0.15) is 0 Å². The third kappa shape index (κ3) is 2.94. The van der Waals surface area contributed by atoms with E-state index in [-0.39, 0.29) is 5.78 Å². The molecule has 0 unspecified atom stereocenters. The summed E-state index contributed by atoms with van der Waals surface area (Å²) >= 11 is 3.36. The molecular formula is C16H14OS2. The fourth-order valence-electron chi connectivity index (χ4n) is 2.27. The second kappa shape index (κ2) is 5.68. The predicted octanol–water partition coefficient (Wildman–Crippen LogP) is 5.03. The normalized spacial score (nSPS) is 20.3. The van der Waals surface area contributed by atoms with Crippen molar-refractivity contribution in [2.45, 2.75) is 19.3 Å². The molecule has 1 aliphatic rings. The molecule has 1 fully saturated rings. The Kier molecular flexibility index (Phi) is 3.76. The molecule has 0 amide bonds. The molecule has 0 N–H and O–H groups in total. The van der Waals surface area contributed by atoms with Crippen LogP contribution in [0, 0.1) is 0 Å². The summed E-state index contributed by atoms with van der Waals surface area (Å²) in [5.74, 6) is 0.230. The molecule has 0 aromatic carbocycles. The lowest BCUT2D eigenvalue weighted by Gasteiger charge is -2.15. The van der Waals surface area contributed by atoms with Crippen molar-refractivity contribution in [1.29, 1.82) is 0 Å². The summed E-state index contributed by atoms with van der Waals surface area (Å²) in [5.41, 5.74) is 1.91. The second-order valence-corrected chi connectivity index (χ2v) is 6.51. The summed E-state index contributed by atoms with van der Waals surface area (Å²) in [5, 5.41) is 4.09.